The number of alkyl halides is 1. The van der Waals surface area contributed by atoms with Crippen LogP contribution in [0, 0.1) is 12.3 Å². The predicted molar refractivity (Wildman–Crippen MR) is 114 cm³/mol. The molecule has 158 valence electrons. The molecule has 2 aromatic heterocycles. The fourth-order valence-corrected chi connectivity index (χ4v) is 4.59. The highest BCUT2D eigenvalue weighted by atomic mass is 35.5. The monoisotopic (exact) mass is 440 g/mol. The van der Waals surface area contributed by atoms with Gasteiger partial charge in [-0.05, 0) is 32.8 Å². The molecule has 3 rings (SSSR count). The van der Waals surface area contributed by atoms with Crippen molar-refractivity contribution in [1.82, 2.24) is 15.0 Å². The number of rotatable bonds is 6. The van der Waals surface area contributed by atoms with Crippen molar-refractivity contribution in [2.45, 2.75) is 49.3 Å². The average molecular weight is 441 g/mol. The number of nitrogen functional groups attached to an aromatic ring is 1. The maximum atomic E-state index is 13.7. The number of aliphatic hydroxyl groups is 1. The average Bonchev–Trinajstić information content (AvgIpc) is 2.72. The third-order valence-electron chi connectivity index (χ3n) is 5.61. The first-order chi connectivity index (χ1) is 13.8. The van der Waals surface area contributed by atoms with E-state index in [0.29, 0.717) is 53.2 Å². The van der Waals surface area contributed by atoms with Gasteiger partial charge in [-0.15, -0.1) is 0 Å². The van der Waals surface area contributed by atoms with E-state index in [-0.39, 0.29) is 18.5 Å². The first-order valence-electron chi connectivity index (χ1n) is 9.44. The number of piperidine rings is 1. The van der Waals surface area contributed by atoms with E-state index in [9.17, 15) is 9.50 Å². The number of aryl methyl sites for hydroxylation is 1. The molecule has 3 heterocycles. The Hall–Kier alpha value is -1.68. The molecule has 0 aromatic carbocycles. The Bertz CT molecular complexity index is 876. The number of halogens is 2. The number of aromatic nitrogens is 3. The van der Waals surface area contributed by atoms with Gasteiger partial charge in [0.1, 0.15) is 16.5 Å². The zero-order chi connectivity index (χ0) is 21.2. The molecule has 0 saturated carbocycles. The van der Waals surface area contributed by atoms with Crippen LogP contribution >= 0.6 is 23.4 Å². The summed E-state index contributed by atoms with van der Waals surface area (Å²) in [6.07, 6.45) is 2.85. The third-order valence-corrected chi connectivity index (χ3v) is 7.26. The molecule has 0 bridgehead atoms. The summed E-state index contributed by atoms with van der Waals surface area (Å²) in [5.41, 5.74) is 12.5. The lowest BCUT2D eigenvalue weighted by Gasteiger charge is -2.43. The number of hydrogen-bond acceptors (Lipinski definition) is 8. The number of hydrogen-bond donors (Lipinski definition) is 3. The van der Waals surface area contributed by atoms with E-state index in [1.54, 1.807) is 12.3 Å². The van der Waals surface area contributed by atoms with E-state index < -0.39 is 12.1 Å². The minimum atomic E-state index is -0.494. The molecule has 0 aliphatic carbocycles. The van der Waals surface area contributed by atoms with Crippen molar-refractivity contribution in [2.24, 2.45) is 11.1 Å². The molecule has 0 amide bonds. The van der Waals surface area contributed by atoms with Crippen LogP contribution in [0.5, 0.6) is 0 Å². The number of nitrogens with zero attached hydrogens (tertiary/aromatic N) is 4. The van der Waals surface area contributed by atoms with Crippen LogP contribution in [0.4, 0.5) is 16.0 Å². The van der Waals surface area contributed by atoms with Crippen molar-refractivity contribution in [1.29, 1.82) is 0 Å². The van der Waals surface area contributed by atoms with Crippen LogP contribution in [-0.4, -0.2) is 45.9 Å². The summed E-state index contributed by atoms with van der Waals surface area (Å²) < 4.78 is 13.7. The van der Waals surface area contributed by atoms with Gasteiger partial charge in [0.15, 0.2) is 5.82 Å². The standard InChI is InChI=1S/C19H26ClFN6OS/c1-11-18(29-14-3-6-24-16(23)15(14)20)26-13(9-28)17(25-11)27-7-4-19(10-21,5-8-27)12(2)22/h3,6,12,28H,4-5,7-10,22H2,1-2H3,(H2,23,24)/t12-/m0/s1. The molecule has 7 nitrogen and oxygen atoms in total. The van der Waals surface area contributed by atoms with Crippen LogP contribution in [0.25, 0.3) is 0 Å². The van der Waals surface area contributed by atoms with E-state index in [0.717, 1.165) is 4.90 Å². The van der Waals surface area contributed by atoms with Gasteiger partial charge in [0.05, 0.1) is 24.0 Å². The first kappa shape index (κ1) is 22.0. The normalized spacial score (nSPS) is 17.4. The third kappa shape index (κ3) is 4.42. The fourth-order valence-electron chi connectivity index (χ4n) is 3.48. The van der Waals surface area contributed by atoms with E-state index in [1.165, 1.54) is 11.8 Å². The van der Waals surface area contributed by atoms with Crippen molar-refractivity contribution < 1.29 is 9.50 Å². The lowest BCUT2D eigenvalue weighted by atomic mass is 9.74. The minimum absolute atomic E-state index is 0.212. The predicted octanol–water partition coefficient (Wildman–Crippen LogP) is 2.96. The summed E-state index contributed by atoms with van der Waals surface area (Å²) in [6, 6.07) is 1.54. The topological polar surface area (TPSA) is 114 Å². The smallest absolute Gasteiger partial charge is 0.153 e. The van der Waals surface area contributed by atoms with Crippen molar-refractivity contribution in [2.75, 3.05) is 30.4 Å². The largest absolute Gasteiger partial charge is 0.390 e. The quantitative estimate of drug-likeness (QED) is 0.628. The van der Waals surface area contributed by atoms with E-state index in [2.05, 4.69) is 9.97 Å². The summed E-state index contributed by atoms with van der Waals surface area (Å²) in [4.78, 5) is 16.0. The van der Waals surface area contributed by atoms with Crippen LogP contribution in [-0.2, 0) is 6.61 Å². The zero-order valence-electron chi connectivity index (χ0n) is 16.5. The summed E-state index contributed by atoms with van der Waals surface area (Å²) in [6.45, 7) is 4.27. The Labute approximate surface area is 179 Å². The lowest BCUT2D eigenvalue weighted by Crippen LogP contribution is -2.50. The second kappa shape index (κ2) is 8.99. The van der Waals surface area contributed by atoms with E-state index >= 15 is 0 Å². The van der Waals surface area contributed by atoms with Crippen LogP contribution in [0.3, 0.4) is 0 Å². The fraction of sp³-hybridized carbons (Fsp3) is 0.526. The van der Waals surface area contributed by atoms with Crippen LogP contribution in [0.15, 0.2) is 22.2 Å². The molecule has 1 saturated heterocycles. The second-order valence-corrected chi connectivity index (χ2v) is 8.83. The Morgan fingerprint density at radius 3 is 2.66 bits per heavy atom. The summed E-state index contributed by atoms with van der Waals surface area (Å²) in [7, 11) is 0. The number of aliphatic hydroxyl groups excluding tert-OH is 1. The highest BCUT2D eigenvalue weighted by Crippen LogP contribution is 2.39. The zero-order valence-corrected chi connectivity index (χ0v) is 18.1. The SMILES string of the molecule is Cc1nc(N2CCC(CF)([C@H](C)N)CC2)c(CO)nc1Sc1ccnc(N)c1Cl. The van der Waals surface area contributed by atoms with Crippen molar-refractivity contribution in [3.05, 3.63) is 28.7 Å². The first-order valence-corrected chi connectivity index (χ1v) is 10.6. The van der Waals surface area contributed by atoms with Crippen LogP contribution in [0.1, 0.15) is 31.2 Å². The molecule has 0 unspecified atom stereocenters. The molecule has 2 aromatic rings. The highest BCUT2D eigenvalue weighted by Gasteiger charge is 2.39. The maximum Gasteiger partial charge on any atom is 0.153 e. The molecule has 0 spiro atoms. The Kier molecular flexibility index (Phi) is 6.83. The second-order valence-electron chi connectivity index (χ2n) is 7.42. The highest BCUT2D eigenvalue weighted by molar-refractivity contribution is 7.99. The van der Waals surface area contributed by atoms with Crippen molar-refractivity contribution >= 4 is 35.0 Å². The van der Waals surface area contributed by atoms with Gasteiger partial charge in [-0.1, -0.05) is 23.4 Å². The van der Waals surface area contributed by atoms with Gasteiger partial charge in [0.2, 0.25) is 0 Å². The Morgan fingerprint density at radius 1 is 1.38 bits per heavy atom. The lowest BCUT2D eigenvalue weighted by molar-refractivity contribution is 0.128. The molecular weight excluding hydrogens is 415 g/mol. The van der Waals surface area contributed by atoms with Crippen molar-refractivity contribution in [3.8, 4) is 0 Å². The van der Waals surface area contributed by atoms with E-state index in [4.69, 9.17) is 28.1 Å². The Morgan fingerprint density at radius 2 is 2.07 bits per heavy atom. The van der Waals surface area contributed by atoms with Gasteiger partial charge in [-0.25, -0.2) is 15.0 Å². The number of anilines is 2. The van der Waals surface area contributed by atoms with Gasteiger partial charge >= 0.3 is 0 Å². The van der Waals surface area contributed by atoms with Gasteiger partial charge in [0.25, 0.3) is 0 Å². The summed E-state index contributed by atoms with van der Waals surface area (Å²) in [5, 5.41) is 10.9. The Balaban J connectivity index is 1.85. The summed E-state index contributed by atoms with van der Waals surface area (Å²) >= 11 is 7.56. The molecule has 1 aliphatic heterocycles. The van der Waals surface area contributed by atoms with E-state index in [1.807, 2.05) is 18.7 Å². The molecular formula is C19H26ClFN6OS. The molecule has 5 N–H and O–H groups in total. The van der Waals surface area contributed by atoms with Gasteiger partial charge in [-0.3, -0.25) is 4.39 Å². The van der Waals surface area contributed by atoms with Gasteiger partial charge in [0, 0.05) is 35.6 Å². The minimum Gasteiger partial charge on any atom is -0.390 e. The van der Waals surface area contributed by atoms with Crippen LogP contribution in [0.2, 0.25) is 5.02 Å². The molecule has 1 atom stereocenters. The van der Waals surface area contributed by atoms with Gasteiger partial charge in [-0.2, -0.15) is 0 Å². The van der Waals surface area contributed by atoms with Crippen molar-refractivity contribution in [3.63, 3.8) is 0 Å². The molecule has 1 fully saturated rings. The molecule has 0 radical (unpaired) electrons. The number of nitrogens with two attached hydrogens (primary N) is 2. The van der Waals surface area contributed by atoms with Gasteiger partial charge < -0.3 is 21.5 Å². The molecule has 1 aliphatic rings. The maximum absolute atomic E-state index is 13.7. The molecule has 29 heavy (non-hydrogen) atoms. The summed E-state index contributed by atoms with van der Waals surface area (Å²) in [5.74, 6) is 0.881. The number of pyridine rings is 1. The van der Waals surface area contributed by atoms with Crippen LogP contribution < -0.4 is 16.4 Å². The molecule has 10 heteroatoms.